The SMILES string of the molecule is CC(=O)C1CC(O)C2C3CCC4=CC(=O)CCC4(C)C3C(=O)CC12C. The van der Waals surface area contributed by atoms with Gasteiger partial charge in [0.05, 0.1) is 6.10 Å². The van der Waals surface area contributed by atoms with Gasteiger partial charge in [-0.1, -0.05) is 19.4 Å². The van der Waals surface area contributed by atoms with Gasteiger partial charge in [-0.3, -0.25) is 14.4 Å². The average Bonchev–Trinajstić information content (AvgIpc) is 2.78. The minimum Gasteiger partial charge on any atom is -0.393 e. The fraction of sp³-hybridized carbons (Fsp3) is 0.762. The minimum absolute atomic E-state index is 0.0140. The highest BCUT2D eigenvalue weighted by molar-refractivity contribution is 5.93. The van der Waals surface area contributed by atoms with E-state index in [4.69, 9.17) is 0 Å². The van der Waals surface area contributed by atoms with Crippen LogP contribution in [0.3, 0.4) is 0 Å². The summed E-state index contributed by atoms with van der Waals surface area (Å²) in [6.07, 6.45) is 5.08. The average molecular weight is 344 g/mol. The highest BCUT2D eigenvalue weighted by Gasteiger charge is 2.65. The van der Waals surface area contributed by atoms with Crippen LogP contribution in [0, 0.1) is 34.5 Å². The second-order valence-corrected chi connectivity index (χ2v) is 9.37. The fourth-order valence-electron chi connectivity index (χ4n) is 7.09. The number of aliphatic hydroxyl groups excluding tert-OH is 1. The summed E-state index contributed by atoms with van der Waals surface area (Å²) in [6.45, 7) is 5.79. The van der Waals surface area contributed by atoms with Gasteiger partial charge in [-0.15, -0.1) is 0 Å². The van der Waals surface area contributed by atoms with Crippen molar-refractivity contribution < 1.29 is 19.5 Å². The van der Waals surface area contributed by atoms with Gasteiger partial charge < -0.3 is 5.11 Å². The molecule has 25 heavy (non-hydrogen) atoms. The van der Waals surface area contributed by atoms with Crippen LogP contribution in [0.15, 0.2) is 11.6 Å². The third-order valence-corrected chi connectivity index (χ3v) is 8.12. The lowest BCUT2D eigenvalue weighted by Gasteiger charge is -2.57. The Kier molecular flexibility index (Phi) is 3.67. The summed E-state index contributed by atoms with van der Waals surface area (Å²) >= 11 is 0. The van der Waals surface area contributed by atoms with Gasteiger partial charge in [-0.25, -0.2) is 0 Å². The van der Waals surface area contributed by atoms with Crippen LogP contribution in [-0.4, -0.2) is 28.6 Å². The number of allylic oxidation sites excluding steroid dienone is 1. The summed E-state index contributed by atoms with van der Waals surface area (Å²) in [5.41, 5.74) is 0.479. The molecule has 7 atom stereocenters. The van der Waals surface area contributed by atoms with Crippen LogP contribution in [-0.2, 0) is 14.4 Å². The van der Waals surface area contributed by atoms with E-state index in [1.165, 1.54) is 0 Å². The summed E-state index contributed by atoms with van der Waals surface area (Å²) in [4.78, 5) is 37.3. The third kappa shape index (κ3) is 2.19. The van der Waals surface area contributed by atoms with E-state index in [-0.39, 0.29) is 46.4 Å². The molecule has 0 spiro atoms. The van der Waals surface area contributed by atoms with Crippen molar-refractivity contribution in [1.82, 2.24) is 0 Å². The number of carbonyl (C=O) groups is 3. The molecular formula is C21H28O4. The van der Waals surface area contributed by atoms with Gasteiger partial charge in [-0.2, -0.15) is 0 Å². The highest BCUT2D eigenvalue weighted by atomic mass is 16.3. The van der Waals surface area contributed by atoms with Crippen molar-refractivity contribution in [2.24, 2.45) is 34.5 Å². The van der Waals surface area contributed by atoms with Gasteiger partial charge in [0, 0.05) is 24.7 Å². The van der Waals surface area contributed by atoms with Crippen molar-refractivity contribution in [3.05, 3.63) is 11.6 Å². The molecule has 1 N–H and O–H groups in total. The number of rotatable bonds is 1. The molecule has 0 amide bonds. The molecule has 4 nitrogen and oxygen atoms in total. The first-order chi connectivity index (χ1) is 11.7. The first-order valence-corrected chi connectivity index (χ1v) is 9.63. The molecule has 136 valence electrons. The molecule has 3 saturated carbocycles. The van der Waals surface area contributed by atoms with Gasteiger partial charge in [0.1, 0.15) is 11.6 Å². The van der Waals surface area contributed by atoms with Crippen LogP contribution in [0.4, 0.5) is 0 Å². The van der Waals surface area contributed by atoms with E-state index in [0.717, 1.165) is 24.8 Å². The number of aliphatic hydroxyl groups is 1. The molecule has 4 aliphatic carbocycles. The molecule has 0 aromatic rings. The zero-order valence-corrected chi connectivity index (χ0v) is 15.4. The Morgan fingerprint density at radius 2 is 1.96 bits per heavy atom. The zero-order chi connectivity index (χ0) is 18.1. The maximum atomic E-state index is 13.3. The van der Waals surface area contributed by atoms with E-state index >= 15 is 0 Å². The van der Waals surface area contributed by atoms with Gasteiger partial charge >= 0.3 is 0 Å². The maximum Gasteiger partial charge on any atom is 0.155 e. The highest BCUT2D eigenvalue weighted by Crippen LogP contribution is 2.65. The number of Topliss-reactive ketones (excluding diaryl/α,β-unsaturated/α-hetero) is 2. The van der Waals surface area contributed by atoms with Crippen LogP contribution < -0.4 is 0 Å². The predicted molar refractivity (Wildman–Crippen MR) is 92.7 cm³/mol. The smallest absolute Gasteiger partial charge is 0.155 e. The van der Waals surface area contributed by atoms with Gasteiger partial charge in [0.15, 0.2) is 5.78 Å². The molecule has 0 radical (unpaired) electrons. The fourth-order valence-corrected chi connectivity index (χ4v) is 7.09. The minimum atomic E-state index is -0.501. The summed E-state index contributed by atoms with van der Waals surface area (Å²) < 4.78 is 0. The molecule has 4 aliphatic rings. The monoisotopic (exact) mass is 344 g/mol. The molecular weight excluding hydrogens is 316 g/mol. The van der Waals surface area contributed by atoms with Crippen molar-refractivity contribution in [2.45, 2.75) is 65.4 Å². The van der Waals surface area contributed by atoms with Crippen molar-refractivity contribution >= 4 is 17.3 Å². The van der Waals surface area contributed by atoms with Crippen molar-refractivity contribution in [1.29, 1.82) is 0 Å². The van der Waals surface area contributed by atoms with E-state index in [9.17, 15) is 19.5 Å². The lowest BCUT2D eigenvalue weighted by molar-refractivity contribution is -0.151. The normalized spacial score (nSPS) is 49.1. The van der Waals surface area contributed by atoms with Crippen molar-refractivity contribution in [3.8, 4) is 0 Å². The topological polar surface area (TPSA) is 71.4 Å². The summed E-state index contributed by atoms with van der Waals surface area (Å²) in [5.74, 6) is 0.333. The van der Waals surface area contributed by atoms with Crippen molar-refractivity contribution in [3.63, 3.8) is 0 Å². The van der Waals surface area contributed by atoms with E-state index in [1.807, 2.05) is 6.92 Å². The molecule has 4 heteroatoms. The van der Waals surface area contributed by atoms with Crippen LogP contribution in [0.1, 0.15) is 59.3 Å². The number of hydrogen-bond acceptors (Lipinski definition) is 4. The number of hydrogen-bond donors (Lipinski definition) is 1. The molecule has 3 fully saturated rings. The summed E-state index contributed by atoms with van der Waals surface area (Å²) in [6, 6.07) is 0. The zero-order valence-electron chi connectivity index (χ0n) is 15.4. The Morgan fingerprint density at radius 3 is 2.64 bits per heavy atom. The Hall–Kier alpha value is -1.29. The first-order valence-electron chi connectivity index (χ1n) is 9.63. The largest absolute Gasteiger partial charge is 0.393 e. The maximum absolute atomic E-state index is 13.3. The van der Waals surface area contributed by atoms with Gasteiger partial charge in [0.2, 0.25) is 0 Å². The Balaban J connectivity index is 1.77. The summed E-state index contributed by atoms with van der Waals surface area (Å²) in [7, 11) is 0. The van der Waals surface area contributed by atoms with Crippen LogP contribution in [0.25, 0.3) is 0 Å². The second-order valence-electron chi connectivity index (χ2n) is 9.37. The number of carbonyl (C=O) groups excluding carboxylic acids is 3. The quantitative estimate of drug-likeness (QED) is 0.794. The van der Waals surface area contributed by atoms with Gasteiger partial charge in [-0.05, 0) is 61.3 Å². The molecule has 4 rings (SSSR count). The molecule has 7 unspecified atom stereocenters. The van der Waals surface area contributed by atoms with E-state index < -0.39 is 11.5 Å². The summed E-state index contributed by atoms with van der Waals surface area (Å²) in [5, 5.41) is 10.8. The van der Waals surface area contributed by atoms with Crippen LogP contribution in [0.5, 0.6) is 0 Å². The second kappa shape index (κ2) is 5.35. The standard InChI is InChI=1S/C21H28O4/c1-11(22)15-9-16(24)18-14-5-4-12-8-13(23)6-7-20(12,2)19(14)17(25)10-21(15,18)3/h8,14-16,18-19,24H,4-7,9-10H2,1-3H3. The lowest BCUT2D eigenvalue weighted by Crippen LogP contribution is -2.56. The van der Waals surface area contributed by atoms with E-state index in [2.05, 4.69) is 6.92 Å². The first kappa shape index (κ1) is 17.1. The molecule has 0 bridgehead atoms. The van der Waals surface area contributed by atoms with E-state index in [1.54, 1.807) is 13.0 Å². The molecule has 0 saturated heterocycles. The Morgan fingerprint density at radius 1 is 1.24 bits per heavy atom. The molecule has 0 heterocycles. The number of fused-ring (bicyclic) bond motifs is 5. The number of ketones is 3. The van der Waals surface area contributed by atoms with Crippen LogP contribution >= 0.6 is 0 Å². The molecule has 0 aromatic heterocycles. The molecule has 0 aromatic carbocycles. The van der Waals surface area contributed by atoms with Crippen LogP contribution in [0.2, 0.25) is 0 Å². The van der Waals surface area contributed by atoms with Crippen molar-refractivity contribution in [2.75, 3.05) is 0 Å². The third-order valence-electron chi connectivity index (χ3n) is 8.12. The van der Waals surface area contributed by atoms with E-state index in [0.29, 0.717) is 19.3 Å². The Bertz CT molecular complexity index is 692. The van der Waals surface area contributed by atoms with Gasteiger partial charge in [0.25, 0.3) is 0 Å². The Labute approximate surface area is 149 Å². The lowest BCUT2D eigenvalue weighted by atomic mass is 9.46. The predicted octanol–water partition coefficient (Wildman–Crippen LogP) is 2.87. The molecule has 0 aliphatic heterocycles.